The van der Waals surface area contributed by atoms with Crippen molar-refractivity contribution in [2.75, 3.05) is 6.54 Å². The Kier molecular flexibility index (Phi) is 3.78. The molecule has 5 heteroatoms. The summed E-state index contributed by atoms with van der Waals surface area (Å²) in [5.41, 5.74) is 0.621. The van der Waals surface area contributed by atoms with Crippen molar-refractivity contribution < 1.29 is 4.79 Å². The third-order valence-corrected chi connectivity index (χ3v) is 3.28. The Morgan fingerprint density at radius 1 is 1.65 bits per heavy atom. The highest BCUT2D eigenvalue weighted by molar-refractivity contribution is 5.93. The molecule has 1 saturated heterocycles. The van der Waals surface area contributed by atoms with Gasteiger partial charge >= 0.3 is 0 Å². The van der Waals surface area contributed by atoms with Crippen molar-refractivity contribution in [3.05, 3.63) is 18.0 Å². The highest BCUT2D eigenvalue weighted by Gasteiger charge is 2.21. The third kappa shape index (κ3) is 3.06. The molecule has 1 fully saturated rings. The molecule has 17 heavy (non-hydrogen) atoms. The number of hydrogen-bond donors (Lipinski definition) is 2. The van der Waals surface area contributed by atoms with Crippen molar-refractivity contribution >= 4 is 5.91 Å². The highest BCUT2D eigenvalue weighted by Crippen LogP contribution is 2.10. The molecule has 2 N–H and O–H groups in total. The van der Waals surface area contributed by atoms with Gasteiger partial charge in [-0.3, -0.25) is 9.48 Å². The van der Waals surface area contributed by atoms with Crippen LogP contribution in [0.2, 0.25) is 0 Å². The Labute approximate surface area is 102 Å². The maximum atomic E-state index is 11.9. The summed E-state index contributed by atoms with van der Waals surface area (Å²) in [5, 5.41) is 10.5. The zero-order valence-corrected chi connectivity index (χ0v) is 10.4. The molecule has 1 amide bonds. The maximum Gasteiger partial charge on any atom is 0.254 e. The number of hydrogen-bond acceptors (Lipinski definition) is 3. The largest absolute Gasteiger partial charge is 0.348 e. The number of amides is 1. The number of nitrogens with zero attached hydrogens (tertiary/aromatic N) is 2. The van der Waals surface area contributed by atoms with E-state index in [1.54, 1.807) is 17.1 Å². The van der Waals surface area contributed by atoms with Crippen molar-refractivity contribution in [3.63, 3.8) is 0 Å². The molecule has 0 aromatic carbocycles. The van der Waals surface area contributed by atoms with E-state index < -0.39 is 0 Å². The molecule has 2 unspecified atom stereocenters. The van der Waals surface area contributed by atoms with Crippen LogP contribution >= 0.6 is 0 Å². The van der Waals surface area contributed by atoms with Gasteiger partial charge in [-0.2, -0.15) is 5.10 Å². The summed E-state index contributed by atoms with van der Waals surface area (Å²) in [6.07, 6.45) is 6.94. The van der Waals surface area contributed by atoms with Crippen molar-refractivity contribution in [1.29, 1.82) is 0 Å². The van der Waals surface area contributed by atoms with Gasteiger partial charge in [0.05, 0.1) is 11.8 Å². The van der Waals surface area contributed by atoms with Gasteiger partial charge in [-0.25, -0.2) is 0 Å². The summed E-state index contributed by atoms with van der Waals surface area (Å²) in [6, 6.07) is 0.548. The number of aromatic nitrogens is 2. The van der Waals surface area contributed by atoms with E-state index in [0.29, 0.717) is 11.6 Å². The van der Waals surface area contributed by atoms with Crippen molar-refractivity contribution in [1.82, 2.24) is 20.4 Å². The maximum absolute atomic E-state index is 11.9. The molecule has 5 nitrogen and oxygen atoms in total. The van der Waals surface area contributed by atoms with Gasteiger partial charge in [0.2, 0.25) is 0 Å². The van der Waals surface area contributed by atoms with E-state index in [1.165, 1.54) is 12.8 Å². The van der Waals surface area contributed by atoms with Gasteiger partial charge in [0.15, 0.2) is 0 Å². The lowest BCUT2D eigenvalue weighted by molar-refractivity contribution is 0.0928. The van der Waals surface area contributed by atoms with Crippen LogP contribution in [-0.2, 0) is 7.05 Å². The van der Waals surface area contributed by atoms with Crippen LogP contribution in [0, 0.1) is 0 Å². The van der Waals surface area contributed by atoms with Crippen molar-refractivity contribution in [2.45, 2.75) is 38.3 Å². The summed E-state index contributed by atoms with van der Waals surface area (Å²) < 4.78 is 1.64. The fraction of sp³-hybridized carbons (Fsp3) is 0.667. The fourth-order valence-electron chi connectivity index (χ4n) is 2.23. The number of carbonyl (C=O) groups is 1. The summed E-state index contributed by atoms with van der Waals surface area (Å²) in [6.45, 7) is 3.11. The number of nitrogens with one attached hydrogen (secondary N) is 2. The second kappa shape index (κ2) is 5.31. The fourth-order valence-corrected chi connectivity index (χ4v) is 2.23. The quantitative estimate of drug-likeness (QED) is 0.811. The zero-order valence-electron chi connectivity index (χ0n) is 10.4. The van der Waals surface area contributed by atoms with E-state index in [4.69, 9.17) is 0 Å². The molecule has 1 aromatic heterocycles. The number of piperidine rings is 1. The molecule has 0 spiro atoms. The smallest absolute Gasteiger partial charge is 0.254 e. The van der Waals surface area contributed by atoms with Crippen LogP contribution in [-0.4, -0.2) is 34.3 Å². The van der Waals surface area contributed by atoms with E-state index in [0.717, 1.165) is 13.0 Å². The molecule has 2 atom stereocenters. The standard InChI is InChI=1S/C12H20N4O/c1-9(11-5-3-4-6-13-11)15-12(17)10-7-14-16(2)8-10/h7-9,11,13H,3-6H2,1-2H3,(H,15,17). The Morgan fingerprint density at radius 3 is 3.06 bits per heavy atom. The van der Waals surface area contributed by atoms with Gasteiger partial charge < -0.3 is 10.6 Å². The molecule has 0 aliphatic carbocycles. The van der Waals surface area contributed by atoms with E-state index in [1.807, 2.05) is 7.05 Å². The lowest BCUT2D eigenvalue weighted by Crippen LogP contribution is -2.50. The molecule has 1 aliphatic heterocycles. The molecule has 0 saturated carbocycles. The van der Waals surface area contributed by atoms with Gasteiger partial charge in [0.25, 0.3) is 5.91 Å². The monoisotopic (exact) mass is 236 g/mol. The lowest BCUT2D eigenvalue weighted by atomic mass is 9.99. The highest BCUT2D eigenvalue weighted by atomic mass is 16.1. The molecule has 0 radical (unpaired) electrons. The van der Waals surface area contributed by atoms with E-state index in [2.05, 4.69) is 22.7 Å². The number of rotatable bonds is 3. The minimum Gasteiger partial charge on any atom is -0.348 e. The molecule has 1 aliphatic rings. The summed E-state index contributed by atoms with van der Waals surface area (Å²) in [7, 11) is 1.81. The molecule has 2 rings (SSSR count). The summed E-state index contributed by atoms with van der Waals surface area (Å²) >= 11 is 0. The van der Waals surface area contributed by atoms with E-state index in [9.17, 15) is 4.79 Å². The molecular formula is C12H20N4O. The van der Waals surface area contributed by atoms with Gasteiger partial charge in [-0.1, -0.05) is 6.42 Å². The first-order valence-corrected chi connectivity index (χ1v) is 6.19. The average Bonchev–Trinajstić information content (AvgIpc) is 2.77. The normalized spacial score (nSPS) is 22.1. The van der Waals surface area contributed by atoms with Gasteiger partial charge in [-0.15, -0.1) is 0 Å². The topological polar surface area (TPSA) is 59.0 Å². The number of aryl methyl sites for hydroxylation is 1. The zero-order chi connectivity index (χ0) is 12.3. The predicted molar refractivity (Wildman–Crippen MR) is 65.8 cm³/mol. The molecular weight excluding hydrogens is 216 g/mol. The van der Waals surface area contributed by atoms with Crippen LogP contribution < -0.4 is 10.6 Å². The summed E-state index contributed by atoms with van der Waals surface area (Å²) in [5.74, 6) is -0.0435. The first kappa shape index (κ1) is 12.1. The number of carbonyl (C=O) groups excluding carboxylic acids is 1. The Hall–Kier alpha value is -1.36. The van der Waals surface area contributed by atoms with Crippen LogP contribution in [0.25, 0.3) is 0 Å². The Bertz CT molecular complexity index is 382. The summed E-state index contributed by atoms with van der Waals surface area (Å²) in [4.78, 5) is 11.9. The Morgan fingerprint density at radius 2 is 2.47 bits per heavy atom. The van der Waals surface area contributed by atoms with Crippen LogP contribution in [0.4, 0.5) is 0 Å². The second-order valence-electron chi connectivity index (χ2n) is 4.72. The average molecular weight is 236 g/mol. The first-order valence-electron chi connectivity index (χ1n) is 6.19. The first-order chi connectivity index (χ1) is 8.16. The van der Waals surface area contributed by atoms with Crippen molar-refractivity contribution in [3.8, 4) is 0 Å². The SMILES string of the molecule is CC(NC(=O)c1cnn(C)c1)C1CCCCN1. The molecule has 1 aromatic rings. The van der Waals surface area contributed by atoms with E-state index in [-0.39, 0.29) is 11.9 Å². The minimum absolute atomic E-state index is 0.0435. The predicted octanol–water partition coefficient (Wildman–Crippen LogP) is 0.680. The van der Waals surface area contributed by atoms with Crippen LogP contribution in [0.15, 0.2) is 12.4 Å². The second-order valence-corrected chi connectivity index (χ2v) is 4.72. The molecule has 2 heterocycles. The lowest BCUT2D eigenvalue weighted by Gasteiger charge is -2.29. The van der Waals surface area contributed by atoms with Gasteiger partial charge in [0, 0.05) is 25.3 Å². The van der Waals surface area contributed by atoms with Crippen LogP contribution in [0.3, 0.4) is 0 Å². The minimum atomic E-state index is -0.0435. The molecule has 0 bridgehead atoms. The third-order valence-electron chi connectivity index (χ3n) is 3.28. The van der Waals surface area contributed by atoms with Gasteiger partial charge in [-0.05, 0) is 26.3 Å². The molecule has 94 valence electrons. The van der Waals surface area contributed by atoms with Crippen molar-refractivity contribution in [2.24, 2.45) is 7.05 Å². The van der Waals surface area contributed by atoms with Gasteiger partial charge in [0.1, 0.15) is 0 Å². The van der Waals surface area contributed by atoms with Crippen LogP contribution in [0.1, 0.15) is 36.5 Å². The van der Waals surface area contributed by atoms with Crippen LogP contribution in [0.5, 0.6) is 0 Å². The van der Waals surface area contributed by atoms with E-state index >= 15 is 0 Å². The Balaban J connectivity index is 1.89.